The smallest absolute Gasteiger partial charge is 0.228 e. The number of methoxy groups -OCH3 is 1. The van der Waals surface area contributed by atoms with Crippen LogP contribution < -0.4 is 15.4 Å². The third kappa shape index (κ3) is 6.80. The molecule has 1 atom stereocenters. The molecule has 0 saturated heterocycles. The van der Waals surface area contributed by atoms with Crippen molar-refractivity contribution in [2.45, 2.75) is 13.8 Å². The van der Waals surface area contributed by atoms with Gasteiger partial charge in [0.25, 0.3) is 0 Å². The van der Waals surface area contributed by atoms with Gasteiger partial charge in [-0.05, 0) is 31.7 Å². The number of halogens is 1. The molecule has 0 heterocycles. The Morgan fingerprint density at radius 1 is 1.33 bits per heavy atom. The van der Waals surface area contributed by atoms with Crippen LogP contribution in [0.3, 0.4) is 0 Å². The van der Waals surface area contributed by atoms with Crippen molar-refractivity contribution in [3.63, 3.8) is 0 Å². The Morgan fingerprint density at radius 2 is 2.05 bits per heavy atom. The van der Waals surface area contributed by atoms with Crippen LogP contribution >= 0.6 is 12.4 Å². The molecule has 1 amide bonds. The molecule has 0 bridgehead atoms. The molecule has 0 aliphatic heterocycles. The average molecular weight is 317 g/mol. The summed E-state index contributed by atoms with van der Waals surface area (Å²) in [6, 6.07) is 5.72. The average Bonchev–Trinajstić information content (AvgIpc) is 2.42. The fourth-order valence-electron chi connectivity index (χ4n) is 1.74. The van der Waals surface area contributed by atoms with E-state index in [0.29, 0.717) is 31.2 Å². The molecule has 0 radical (unpaired) electrons. The van der Waals surface area contributed by atoms with E-state index >= 15 is 0 Å². The van der Waals surface area contributed by atoms with Gasteiger partial charge in [-0.2, -0.15) is 0 Å². The highest BCUT2D eigenvalue weighted by Gasteiger charge is 2.14. The molecule has 6 heteroatoms. The molecule has 0 fully saturated rings. The summed E-state index contributed by atoms with van der Waals surface area (Å²) in [6.07, 6.45) is 0. The predicted octanol–water partition coefficient (Wildman–Crippen LogP) is 2.24. The quantitative estimate of drug-likeness (QED) is 0.722. The van der Waals surface area contributed by atoms with Gasteiger partial charge in [0.1, 0.15) is 12.4 Å². The van der Waals surface area contributed by atoms with E-state index < -0.39 is 0 Å². The van der Waals surface area contributed by atoms with Gasteiger partial charge in [0.2, 0.25) is 5.91 Å². The predicted molar refractivity (Wildman–Crippen MR) is 87.5 cm³/mol. The third-order valence-electron chi connectivity index (χ3n) is 2.90. The summed E-state index contributed by atoms with van der Waals surface area (Å²) in [4.78, 5) is 12.0. The zero-order chi connectivity index (χ0) is 15.0. The van der Waals surface area contributed by atoms with Crippen LogP contribution in [0.5, 0.6) is 5.75 Å². The highest BCUT2D eigenvalue weighted by molar-refractivity contribution is 5.93. The van der Waals surface area contributed by atoms with Crippen molar-refractivity contribution in [2.24, 2.45) is 5.92 Å². The summed E-state index contributed by atoms with van der Waals surface area (Å²) in [5.41, 5.74) is 1.78. The van der Waals surface area contributed by atoms with E-state index in [-0.39, 0.29) is 24.2 Å². The van der Waals surface area contributed by atoms with Crippen LogP contribution in [0.25, 0.3) is 0 Å². The van der Waals surface area contributed by atoms with Crippen LogP contribution in [0, 0.1) is 12.8 Å². The lowest BCUT2D eigenvalue weighted by Gasteiger charge is -2.15. The first kappa shape index (κ1) is 19.7. The summed E-state index contributed by atoms with van der Waals surface area (Å²) in [7, 11) is 3.46. The maximum atomic E-state index is 12.0. The summed E-state index contributed by atoms with van der Waals surface area (Å²) < 4.78 is 10.6. The monoisotopic (exact) mass is 316 g/mol. The Kier molecular flexibility index (Phi) is 9.78. The highest BCUT2D eigenvalue weighted by atomic mass is 35.5. The summed E-state index contributed by atoms with van der Waals surface area (Å²) in [5, 5.41) is 5.90. The molecule has 2 N–H and O–H groups in total. The fraction of sp³-hybridized carbons (Fsp3) is 0.533. The Morgan fingerprint density at radius 3 is 2.67 bits per heavy atom. The second-order valence-corrected chi connectivity index (χ2v) is 4.79. The molecule has 0 aromatic heterocycles. The van der Waals surface area contributed by atoms with E-state index in [0.717, 1.165) is 5.56 Å². The van der Waals surface area contributed by atoms with E-state index in [2.05, 4.69) is 10.6 Å². The third-order valence-corrected chi connectivity index (χ3v) is 2.90. The summed E-state index contributed by atoms with van der Waals surface area (Å²) in [5.74, 6) is 0.542. The first-order valence-electron chi connectivity index (χ1n) is 6.76. The van der Waals surface area contributed by atoms with E-state index in [1.807, 2.05) is 39.1 Å². The number of anilines is 1. The number of aryl methyl sites for hydroxylation is 1. The van der Waals surface area contributed by atoms with Crippen LogP contribution in [0.1, 0.15) is 12.5 Å². The van der Waals surface area contributed by atoms with E-state index in [4.69, 9.17) is 9.47 Å². The van der Waals surface area contributed by atoms with Crippen molar-refractivity contribution in [2.75, 3.05) is 39.2 Å². The van der Waals surface area contributed by atoms with Crippen LogP contribution in [0.4, 0.5) is 5.69 Å². The molecule has 120 valence electrons. The standard InChI is InChI=1S/C15H24N2O3.ClH/c1-11-5-6-13(14(9-11)20-8-7-19-4)17-15(18)12(2)10-16-3;/h5-6,9,12,16H,7-8,10H2,1-4H3,(H,17,18);1H. The SMILES string of the molecule is CNCC(C)C(=O)Nc1ccc(C)cc1OCCOC.Cl. The Balaban J connectivity index is 0.00000400. The van der Waals surface area contributed by atoms with Gasteiger partial charge in [-0.1, -0.05) is 13.0 Å². The molecule has 0 spiro atoms. The van der Waals surface area contributed by atoms with Crippen LogP contribution in [0.2, 0.25) is 0 Å². The van der Waals surface area contributed by atoms with E-state index in [1.165, 1.54) is 0 Å². The van der Waals surface area contributed by atoms with Crippen molar-refractivity contribution >= 4 is 24.0 Å². The van der Waals surface area contributed by atoms with Gasteiger partial charge in [-0.15, -0.1) is 12.4 Å². The summed E-state index contributed by atoms with van der Waals surface area (Å²) >= 11 is 0. The number of hydrogen-bond acceptors (Lipinski definition) is 4. The van der Waals surface area contributed by atoms with E-state index in [1.54, 1.807) is 7.11 Å². The zero-order valence-electron chi connectivity index (χ0n) is 13.1. The molecule has 0 aliphatic carbocycles. The second kappa shape index (κ2) is 10.4. The molecule has 1 rings (SSSR count). The lowest BCUT2D eigenvalue weighted by molar-refractivity contribution is -0.119. The van der Waals surface area contributed by atoms with Crippen molar-refractivity contribution in [3.05, 3.63) is 23.8 Å². The number of hydrogen-bond donors (Lipinski definition) is 2. The lowest BCUT2D eigenvalue weighted by atomic mass is 10.1. The fourth-order valence-corrected chi connectivity index (χ4v) is 1.74. The van der Waals surface area contributed by atoms with Gasteiger partial charge >= 0.3 is 0 Å². The molecular formula is C15H25ClN2O3. The first-order valence-corrected chi connectivity index (χ1v) is 6.76. The van der Waals surface area contributed by atoms with Gasteiger partial charge in [0, 0.05) is 19.6 Å². The minimum atomic E-state index is -0.104. The second-order valence-electron chi connectivity index (χ2n) is 4.79. The molecule has 0 aliphatic rings. The first-order chi connectivity index (χ1) is 9.58. The Labute approximate surface area is 132 Å². The largest absolute Gasteiger partial charge is 0.489 e. The summed E-state index contributed by atoms with van der Waals surface area (Å²) in [6.45, 7) is 5.47. The maximum Gasteiger partial charge on any atom is 0.228 e. The van der Waals surface area contributed by atoms with Crippen molar-refractivity contribution in [3.8, 4) is 5.75 Å². The van der Waals surface area contributed by atoms with Gasteiger partial charge < -0.3 is 20.1 Å². The molecule has 5 nitrogen and oxygen atoms in total. The number of carbonyl (C=O) groups excluding carboxylic acids is 1. The van der Waals surface area contributed by atoms with E-state index in [9.17, 15) is 4.79 Å². The topological polar surface area (TPSA) is 59.6 Å². The zero-order valence-corrected chi connectivity index (χ0v) is 13.9. The normalized spacial score (nSPS) is 11.4. The minimum absolute atomic E-state index is 0. The van der Waals surface area contributed by atoms with Gasteiger partial charge in [-0.3, -0.25) is 4.79 Å². The Hall–Kier alpha value is -1.30. The molecule has 21 heavy (non-hydrogen) atoms. The van der Waals surface area contributed by atoms with Crippen molar-refractivity contribution in [1.82, 2.24) is 5.32 Å². The number of benzene rings is 1. The van der Waals surface area contributed by atoms with Crippen molar-refractivity contribution < 1.29 is 14.3 Å². The molecule has 1 aromatic rings. The molecule has 1 aromatic carbocycles. The number of carbonyl (C=O) groups is 1. The van der Waals surface area contributed by atoms with Crippen LogP contribution in [0.15, 0.2) is 18.2 Å². The van der Waals surface area contributed by atoms with Gasteiger partial charge in [-0.25, -0.2) is 0 Å². The number of rotatable bonds is 8. The molecule has 0 saturated carbocycles. The van der Waals surface area contributed by atoms with Crippen molar-refractivity contribution in [1.29, 1.82) is 0 Å². The van der Waals surface area contributed by atoms with Gasteiger partial charge in [0.15, 0.2) is 0 Å². The van der Waals surface area contributed by atoms with Crippen LogP contribution in [-0.4, -0.2) is 39.8 Å². The Bertz CT molecular complexity index is 441. The van der Waals surface area contributed by atoms with Crippen LogP contribution in [-0.2, 0) is 9.53 Å². The highest BCUT2D eigenvalue weighted by Crippen LogP contribution is 2.26. The van der Waals surface area contributed by atoms with Gasteiger partial charge in [0.05, 0.1) is 12.3 Å². The molecular weight excluding hydrogens is 292 g/mol. The number of amides is 1. The molecule has 1 unspecified atom stereocenters. The minimum Gasteiger partial charge on any atom is -0.489 e. The maximum absolute atomic E-state index is 12.0. The number of ether oxygens (including phenoxy) is 2. The lowest BCUT2D eigenvalue weighted by Crippen LogP contribution is -2.28. The number of nitrogens with one attached hydrogen (secondary N) is 2.